The number of hydrogen-bond acceptors (Lipinski definition) is 5. The minimum Gasteiger partial charge on any atom is -0.356 e. The van der Waals surface area contributed by atoms with Gasteiger partial charge in [-0.25, -0.2) is 19.3 Å². The van der Waals surface area contributed by atoms with Crippen LogP contribution >= 0.6 is 0 Å². The Morgan fingerprint density at radius 1 is 1.47 bits per heavy atom. The van der Waals surface area contributed by atoms with Crippen molar-refractivity contribution in [3.05, 3.63) is 22.4 Å². The molecule has 19 heavy (non-hydrogen) atoms. The van der Waals surface area contributed by atoms with Crippen molar-refractivity contribution in [1.29, 1.82) is 0 Å². The van der Waals surface area contributed by atoms with Crippen molar-refractivity contribution in [2.24, 2.45) is 11.7 Å². The highest BCUT2D eigenvalue weighted by Crippen LogP contribution is 2.21. The number of aromatic nitrogens is 4. The Hall–Kier alpha value is -1.89. The summed E-state index contributed by atoms with van der Waals surface area (Å²) in [5.41, 5.74) is 6.08. The van der Waals surface area contributed by atoms with Gasteiger partial charge in [-0.05, 0) is 32.2 Å². The minimum atomic E-state index is -0.242. The third-order valence-electron chi connectivity index (χ3n) is 3.83. The summed E-state index contributed by atoms with van der Waals surface area (Å²) < 4.78 is 1.48. The Balaban J connectivity index is 1.92. The van der Waals surface area contributed by atoms with Crippen molar-refractivity contribution in [2.75, 3.05) is 24.5 Å². The van der Waals surface area contributed by atoms with Crippen LogP contribution in [0.25, 0.3) is 5.65 Å². The van der Waals surface area contributed by atoms with Gasteiger partial charge in [0, 0.05) is 19.2 Å². The summed E-state index contributed by atoms with van der Waals surface area (Å²) in [4.78, 5) is 18.3. The summed E-state index contributed by atoms with van der Waals surface area (Å²) >= 11 is 0. The van der Waals surface area contributed by atoms with Gasteiger partial charge in [0.05, 0.1) is 0 Å². The van der Waals surface area contributed by atoms with Crippen molar-refractivity contribution >= 4 is 11.5 Å². The third kappa shape index (κ3) is 2.10. The van der Waals surface area contributed by atoms with Crippen LogP contribution in [0.2, 0.25) is 0 Å². The summed E-state index contributed by atoms with van der Waals surface area (Å²) in [6.07, 6.45) is 2.19. The first kappa shape index (κ1) is 12.2. The van der Waals surface area contributed by atoms with E-state index in [4.69, 9.17) is 5.73 Å². The van der Waals surface area contributed by atoms with Gasteiger partial charge in [-0.15, -0.1) is 0 Å². The van der Waals surface area contributed by atoms with E-state index in [1.165, 1.54) is 4.40 Å². The van der Waals surface area contributed by atoms with Crippen molar-refractivity contribution < 1.29 is 0 Å². The van der Waals surface area contributed by atoms with Gasteiger partial charge in [-0.1, -0.05) is 0 Å². The molecule has 0 spiro atoms. The quantitative estimate of drug-likeness (QED) is 0.788. The van der Waals surface area contributed by atoms with Crippen molar-refractivity contribution in [2.45, 2.75) is 19.8 Å². The molecule has 1 aliphatic rings. The Labute approximate surface area is 110 Å². The highest BCUT2D eigenvalue weighted by Gasteiger charge is 2.20. The molecule has 0 aromatic carbocycles. The average molecular weight is 262 g/mol. The second-order valence-electron chi connectivity index (χ2n) is 5.05. The number of aryl methyl sites for hydroxylation is 1. The molecule has 3 heterocycles. The lowest BCUT2D eigenvalue weighted by Gasteiger charge is -2.32. The highest BCUT2D eigenvalue weighted by molar-refractivity contribution is 5.51. The molecule has 3 rings (SSSR count). The molecular weight excluding hydrogens is 244 g/mol. The number of H-pyrrole nitrogens is 1. The van der Waals surface area contributed by atoms with Crippen LogP contribution in [-0.2, 0) is 0 Å². The first-order valence-electron chi connectivity index (χ1n) is 6.59. The topological polar surface area (TPSA) is 92.3 Å². The minimum absolute atomic E-state index is 0.242. The fourth-order valence-corrected chi connectivity index (χ4v) is 2.64. The maximum absolute atomic E-state index is 11.5. The van der Waals surface area contributed by atoms with E-state index >= 15 is 0 Å². The zero-order chi connectivity index (χ0) is 13.4. The molecule has 0 amide bonds. The molecule has 0 radical (unpaired) electrons. The maximum Gasteiger partial charge on any atom is 0.349 e. The Morgan fingerprint density at radius 2 is 2.21 bits per heavy atom. The number of rotatable bonds is 2. The van der Waals surface area contributed by atoms with Crippen molar-refractivity contribution in [3.63, 3.8) is 0 Å². The average Bonchev–Trinajstić information content (AvgIpc) is 2.81. The number of fused-ring (bicyclic) bond motifs is 1. The number of anilines is 1. The molecule has 3 N–H and O–H groups in total. The van der Waals surface area contributed by atoms with Gasteiger partial charge in [0.25, 0.3) is 0 Å². The SMILES string of the molecule is Cc1nc(N2CCC(CN)CC2)cc2n[nH]c(=O)n12. The smallest absolute Gasteiger partial charge is 0.349 e. The molecule has 2 aromatic rings. The van der Waals surface area contributed by atoms with Crippen molar-refractivity contribution in [1.82, 2.24) is 19.6 Å². The van der Waals surface area contributed by atoms with E-state index in [1.54, 1.807) is 0 Å². The number of aromatic amines is 1. The lowest BCUT2D eigenvalue weighted by Crippen LogP contribution is -2.36. The zero-order valence-electron chi connectivity index (χ0n) is 11.0. The van der Waals surface area contributed by atoms with Crippen LogP contribution in [0.4, 0.5) is 5.82 Å². The summed E-state index contributed by atoms with van der Waals surface area (Å²) in [5.74, 6) is 2.17. The molecule has 0 saturated carbocycles. The van der Waals surface area contributed by atoms with Crippen LogP contribution < -0.4 is 16.3 Å². The Bertz CT molecular complexity index is 637. The molecule has 1 saturated heterocycles. The van der Waals surface area contributed by atoms with Gasteiger partial charge < -0.3 is 10.6 Å². The lowest BCUT2D eigenvalue weighted by molar-refractivity contribution is 0.413. The Kier molecular flexibility index (Phi) is 2.98. The largest absolute Gasteiger partial charge is 0.356 e. The standard InChI is InChI=1S/C12H18N6O/c1-8-14-10(6-11-15-16-12(19)18(8)11)17-4-2-9(7-13)3-5-17/h6,9H,2-5,7,13H2,1H3,(H,16,19). The van der Waals surface area contributed by atoms with Crippen LogP contribution in [-0.4, -0.2) is 39.2 Å². The highest BCUT2D eigenvalue weighted by atomic mass is 16.1. The summed E-state index contributed by atoms with van der Waals surface area (Å²) in [7, 11) is 0. The van der Waals surface area contributed by atoms with Gasteiger partial charge >= 0.3 is 5.69 Å². The van der Waals surface area contributed by atoms with E-state index in [-0.39, 0.29) is 5.69 Å². The van der Waals surface area contributed by atoms with Gasteiger partial charge in [-0.2, -0.15) is 5.10 Å². The Morgan fingerprint density at radius 3 is 2.89 bits per heavy atom. The number of hydrogen-bond donors (Lipinski definition) is 2. The van der Waals surface area contributed by atoms with E-state index in [0.29, 0.717) is 17.4 Å². The molecule has 0 unspecified atom stereocenters. The second kappa shape index (κ2) is 4.65. The molecule has 1 fully saturated rings. The summed E-state index contributed by atoms with van der Waals surface area (Å²) in [5, 5.41) is 6.45. The van der Waals surface area contributed by atoms with E-state index in [2.05, 4.69) is 20.1 Å². The van der Waals surface area contributed by atoms with Gasteiger partial charge in [0.15, 0.2) is 5.65 Å². The van der Waals surface area contributed by atoms with Crippen LogP contribution in [0.15, 0.2) is 10.9 Å². The van der Waals surface area contributed by atoms with Gasteiger partial charge in [0.2, 0.25) is 0 Å². The van der Waals surface area contributed by atoms with Crippen LogP contribution in [0.3, 0.4) is 0 Å². The first-order valence-corrected chi connectivity index (χ1v) is 6.59. The predicted molar refractivity (Wildman–Crippen MR) is 72.3 cm³/mol. The number of nitrogens with two attached hydrogens (primary N) is 1. The van der Waals surface area contributed by atoms with Crippen LogP contribution in [0.5, 0.6) is 0 Å². The second-order valence-corrected chi connectivity index (χ2v) is 5.05. The molecule has 102 valence electrons. The van der Waals surface area contributed by atoms with E-state index < -0.39 is 0 Å². The molecule has 1 aliphatic heterocycles. The van der Waals surface area contributed by atoms with Gasteiger partial charge in [0.1, 0.15) is 11.6 Å². The monoisotopic (exact) mass is 262 g/mol. The van der Waals surface area contributed by atoms with Crippen LogP contribution in [0, 0.1) is 12.8 Å². The van der Waals surface area contributed by atoms with E-state index in [9.17, 15) is 4.79 Å². The summed E-state index contributed by atoms with van der Waals surface area (Å²) in [6, 6.07) is 1.85. The zero-order valence-corrected chi connectivity index (χ0v) is 11.0. The number of piperidine rings is 1. The molecular formula is C12H18N6O. The van der Waals surface area contributed by atoms with Crippen LogP contribution in [0.1, 0.15) is 18.7 Å². The fraction of sp³-hybridized carbons (Fsp3) is 0.583. The normalized spacial score (nSPS) is 17.3. The molecule has 7 heteroatoms. The number of nitrogens with one attached hydrogen (secondary N) is 1. The molecule has 0 bridgehead atoms. The molecule has 7 nitrogen and oxygen atoms in total. The van der Waals surface area contributed by atoms with Gasteiger partial charge in [-0.3, -0.25) is 0 Å². The van der Waals surface area contributed by atoms with E-state index in [0.717, 1.165) is 38.3 Å². The number of nitrogens with zero attached hydrogens (tertiary/aromatic N) is 4. The lowest BCUT2D eigenvalue weighted by atomic mass is 9.97. The third-order valence-corrected chi connectivity index (χ3v) is 3.83. The molecule has 0 atom stereocenters. The van der Waals surface area contributed by atoms with Crippen molar-refractivity contribution in [3.8, 4) is 0 Å². The first-order chi connectivity index (χ1) is 9.19. The maximum atomic E-state index is 11.5. The molecule has 2 aromatic heterocycles. The fourth-order valence-electron chi connectivity index (χ4n) is 2.64. The summed E-state index contributed by atoms with van der Waals surface area (Å²) in [6.45, 7) is 4.49. The molecule has 0 aliphatic carbocycles. The van der Waals surface area contributed by atoms with E-state index in [1.807, 2.05) is 13.0 Å². The predicted octanol–water partition coefficient (Wildman–Crippen LogP) is -0.0989.